The fourth-order valence-electron chi connectivity index (χ4n) is 4.22. The minimum atomic E-state index is -1.53. The van der Waals surface area contributed by atoms with Gasteiger partial charge in [-0.15, -0.1) is 0 Å². The quantitative estimate of drug-likeness (QED) is 0.877. The lowest BCUT2D eigenvalue weighted by molar-refractivity contribution is -0.357. The number of hydrogen-bond acceptors (Lipinski definition) is 3. The molecule has 3 heteroatoms. The molecule has 25 heavy (non-hydrogen) atoms. The molecule has 2 aromatic carbocycles. The van der Waals surface area contributed by atoms with Crippen molar-refractivity contribution in [2.24, 2.45) is 11.8 Å². The summed E-state index contributed by atoms with van der Waals surface area (Å²) >= 11 is 0. The topological polar surface area (TPSA) is 49.7 Å². The molecule has 2 N–H and O–H groups in total. The third kappa shape index (κ3) is 2.91. The zero-order chi connectivity index (χ0) is 18.1. The highest BCUT2D eigenvalue weighted by atomic mass is 16.6. The Balaban J connectivity index is 2.13. The van der Waals surface area contributed by atoms with Crippen LogP contribution >= 0.6 is 0 Å². The molecule has 1 aliphatic heterocycles. The van der Waals surface area contributed by atoms with Gasteiger partial charge in [0.25, 0.3) is 0 Å². The van der Waals surface area contributed by atoms with Crippen LogP contribution in [-0.2, 0) is 16.1 Å². The summed E-state index contributed by atoms with van der Waals surface area (Å²) in [5.74, 6) is -2.18. The van der Waals surface area contributed by atoms with Crippen molar-refractivity contribution < 1.29 is 14.9 Å². The van der Waals surface area contributed by atoms with E-state index in [1.54, 1.807) is 0 Å². The molecule has 5 atom stereocenters. The normalized spacial score (nSPS) is 35.5. The van der Waals surface area contributed by atoms with Gasteiger partial charge in [-0.2, -0.15) is 0 Å². The molecule has 1 heterocycles. The lowest BCUT2D eigenvalue weighted by Crippen LogP contribution is -2.60. The van der Waals surface area contributed by atoms with Crippen molar-refractivity contribution in [2.75, 3.05) is 0 Å². The minimum absolute atomic E-state index is 0.131. The molecule has 3 rings (SSSR count). The van der Waals surface area contributed by atoms with E-state index in [0.717, 1.165) is 18.4 Å². The van der Waals surface area contributed by atoms with Crippen LogP contribution in [0.5, 0.6) is 0 Å². The predicted molar refractivity (Wildman–Crippen MR) is 98.8 cm³/mol. The molecule has 0 bridgehead atoms. The summed E-state index contributed by atoms with van der Waals surface area (Å²) in [7, 11) is 0. The van der Waals surface area contributed by atoms with E-state index in [1.807, 2.05) is 74.5 Å². The van der Waals surface area contributed by atoms with Crippen molar-refractivity contribution in [3.8, 4) is 0 Å². The smallest absolute Gasteiger partial charge is 0.198 e. The third-order valence-electron chi connectivity index (χ3n) is 5.83. The van der Waals surface area contributed by atoms with Crippen LogP contribution in [-0.4, -0.2) is 16.3 Å². The number of hydrogen-bond donors (Lipinski definition) is 2. The van der Waals surface area contributed by atoms with Gasteiger partial charge in [0.15, 0.2) is 5.79 Å². The first-order valence-electron chi connectivity index (χ1n) is 9.18. The van der Waals surface area contributed by atoms with Gasteiger partial charge in [-0.1, -0.05) is 87.9 Å². The van der Waals surface area contributed by atoms with E-state index in [-0.39, 0.29) is 12.0 Å². The predicted octanol–water partition coefficient (Wildman–Crippen LogP) is 4.19. The Kier molecular flexibility index (Phi) is 5.01. The molecule has 134 valence electrons. The molecule has 1 saturated heterocycles. The van der Waals surface area contributed by atoms with E-state index in [1.165, 1.54) is 0 Å². The monoisotopic (exact) mass is 340 g/mol. The van der Waals surface area contributed by atoms with Crippen LogP contribution in [0.4, 0.5) is 0 Å². The Labute approximate surface area is 150 Å². The zero-order valence-electron chi connectivity index (χ0n) is 15.2. The van der Waals surface area contributed by atoms with Gasteiger partial charge in [-0.3, -0.25) is 0 Å². The summed E-state index contributed by atoms with van der Waals surface area (Å²) in [6, 6.07) is 19.1. The Morgan fingerprint density at radius 2 is 1.40 bits per heavy atom. The largest absolute Gasteiger partial charge is 0.384 e. The van der Waals surface area contributed by atoms with Crippen LogP contribution in [0.2, 0.25) is 0 Å². The van der Waals surface area contributed by atoms with Crippen molar-refractivity contribution in [1.29, 1.82) is 0 Å². The summed E-state index contributed by atoms with van der Waals surface area (Å²) in [6.45, 7) is 5.99. The van der Waals surface area contributed by atoms with Gasteiger partial charge in [-0.25, -0.2) is 0 Å². The highest BCUT2D eigenvalue weighted by molar-refractivity contribution is 5.30. The van der Waals surface area contributed by atoms with Crippen LogP contribution in [0.3, 0.4) is 0 Å². The van der Waals surface area contributed by atoms with Gasteiger partial charge in [0, 0.05) is 17.4 Å². The molecule has 0 saturated carbocycles. The number of rotatable bonds is 4. The molecule has 3 nitrogen and oxygen atoms in total. The molecule has 0 aromatic heterocycles. The molecule has 0 unspecified atom stereocenters. The molecular formula is C22H28O3. The van der Waals surface area contributed by atoms with Crippen LogP contribution in [0.1, 0.15) is 44.7 Å². The summed E-state index contributed by atoms with van der Waals surface area (Å²) in [4.78, 5) is 0. The number of aliphatic hydroxyl groups is 2. The second kappa shape index (κ2) is 6.91. The third-order valence-corrected chi connectivity index (χ3v) is 5.83. The molecule has 1 aliphatic rings. The van der Waals surface area contributed by atoms with Crippen molar-refractivity contribution in [3.05, 3.63) is 71.8 Å². The van der Waals surface area contributed by atoms with Crippen LogP contribution in [0.25, 0.3) is 0 Å². The highest BCUT2D eigenvalue weighted by Crippen LogP contribution is 2.53. The van der Waals surface area contributed by atoms with Crippen molar-refractivity contribution >= 4 is 0 Å². The first-order valence-corrected chi connectivity index (χ1v) is 9.18. The summed E-state index contributed by atoms with van der Waals surface area (Å²) < 4.78 is 6.24. The summed E-state index contributed by atoms with van der Waals surface area (Å²) in [5, 5.41) is 23.4. The second-order valence-corrected chi connectivity index (χ2v) is 7.21. The lowest BCUT2D eigenvalue weighted by atomic mass is 9.64. The van der Waals surface area contributed by atoms with E-state index < -0.39 is 17.3 Å². The average Bonchev–Trinajstić information content (AvgIpc) is 2.66. The average molecular weight is 340 g/mol. The molecule has 1 fully saturated rings. The fourth-order valence-corrected chi connectivity index (χ4v) is 4.22. The van der Waals surface area contributed by atoms with Gasteiger partial charge < -0.3 is 14.9 Å². The first kappa shape index (κ1) is 18.1. The van der Waals surface area contributed by atoms with Gasteiger partial charge in [0.05, 0.1) is 6.10 Å². The van der Waals surface area contributed by atoms with E-state index in [4.69, 9.17) is 4.74 Å². The number of ether oxygens (including phenoxy) is 1. The maximum absolute atomic E-state index is 11.8. The van der Waals surface area contributed by atoms with Crippen molar-refractivity contribution in [2.45, 2.75) is 51.1 Å². The molecule has 0 amide bonds. The Morgan fingerprint density at radius 3 is 1.92 bits per heavy atom. The molecule has 0 aliphatic carbocycles. The van der Waals surface area contributed by atoms with Gasteiger partial charge in [0.2, 0.25) is 0 Å². The Bertz CT molecular complexity index is 687. The van der Waals surface area contributed by atoms with Crippen molar-refractivity contribution in [3.63, 3.8) is 0 Å². The molecule has 0 radical (unpaired) electrons. The number of benzene rings is 2. The zero-order valence-corrected chi connectivity index (χ0v) is 15.2. The molecule has 2 aromatic rings. The maximum atomic E-state index is 11.8. The highest BCUT2D eigenvalue weighted by Gasteiger charge is 2.59. The van der Waals surface area contributed by atoms with Crippen LogP contribution in [0.15, 0.2) is 60.7 Å². The minimum Gasteiger partial charge on any atom is -0.384 e. The van der Waals surface area contributed by atoms with E-state index in [9.17, 15) is 10.2 Å². The van der Waals surface area contributed by atoms with Gasteiger partial charge in [-0.05, 0) is 12.0 Å². The molecular weight excluding hydrogens is 312 g/mol. The second-order valence-electron chi connectivity index (χ2n) is 7.21. The van der Waals surface area contributed by atoms with Crippen molar-refractivity contribution in [1.82, 2.24) is 0 Å². The molecule has 0 spiro atoms. The standard InChI is InChI=1S/C22H28O3/c1-4-11-20-16(2)21(23,18-12-7-5-8-13-18)17(3)22(24,25-20)19-14-9-6-10-15-19/h5-10,12-17,20,23-24H,4,11H2,1-3H3/t16-,17-,20-,21-,22-/m1/s1. The van der Waals surface area contributed by atoms with Gasteiger partial charge >= 0.3 is 0 Å². The fraction of sp³-hybridized carbons (Fsp3) is 0.455. The van der Waals surface area contributed by atoms with Crippen LogP contribution in [0, 0.1) is 11.8 Å². The first-order chi connectivity index (χ1) is 11.9. The van der Waals surface area contributed by atoms with E-state index in [0.29, 0.717) is 5.56 Å². The van der Waals surface area contributed by atoms with Gasteiger partial charge in [0.1, 0.15) is 5.60 Å². The summed E-state index contributed by atoms with van der Waals surface area (Å²) in [5.41, 5.74) is 0.336. The van der Waals surface area contributed by atoms with E-state index in [2.05, 4.69) is 6.92 Å². The Morgan fingerprint density at radius 1 is 0.880 bits per heavy atom. The SMILES string of the molecule is CCC[C@H]1O[C@@](O)(c2ccccc2)[C@H](C)[C@@](O)(c2ccccc2)[C@@H]1C. The Hall–Kier alpha value is -1.68. The lowest BCUT2D eigenvalue weighted by Gasteiger charge is -2.55. The van der Waals surface area contributed by atoms with E-state index >= 15 is 0 Å². The maximum Gasteiger partial charge on any atom is 0.198 e. The van der Waals surface area contributed by atoms with Crippen LogP contribution < -0.4 is 0 Å². The summed E-state index contributed by atoms with van der Waals surface area (Å²) in [6.07, 6.45) is 1.49.